The van der Waals surface area contributed by atoms with Gasteiger partial charge in [-0.1, -0.05) is 11.6 Å². The molecule has 160 valence electrons. The summed E-state index contributed by atoms with van der Waals surface area (Å²) in [6.07, 6.45) is -2.29. The molecule has 1 saturated heterocycles. The van der Waals surface area contributed by atoms with E-state index in [-0.39, 0.29) is 12.4 Å². The lowest BCUT2D eigenvalue weighted by Gasteiger charge is -2.33. The topological polar surface area (TPSA) is 71.5 Å². The number of rotatable bonds is 5. The van der Waals surface area contributed by atoms with Crippen molar-refractivity contribution in [2.24, 2.45) is 5.92 Å². The first-order chi connectivity index (χ1) is 14.2. The van der Waals surface area contributed by atoms with Crippen LogP contribution < -0.4 is 10.2 Å². The molecule has 1 aliphatic rings. The number of piperidine rings is 1. The first-order valence-corrected chi connectivity index (χ1v) is 9.61. The van der Waals surface area contributed by atoms with Gasteiger partial charge in [-0.05, 0) is 49.2 Å². The number of carbonyl (C=O) groups excluding carboxylic acids is 2. The largest absolute Gasteiger partial charge is 0.455 e. The van der Waals surface area contributed by atoms with Crippen LogP contribution in [-0.2, 0) is 20.5 Å². The molecule has 10 heteroatoms. The monoisotopic (exact) mass is 441 g/mol. The molecule has 1 unspecified atom stereocenters. The van der Waals surface area contributed by atoms with E-state index in [1.54, 1.807) is 24.3 Å². The van der Waals surface area contributed by atoms with Crippen LogP contribution in [0.25, 0.3) is 0 Å². The second-order valence-corrected chi connectivity index (χ2v) is 7.26. The van der Waals surface area contributed by atoms with E-state index in [2.05, 4.69) is 10.3 Å². The highest BCUT2D eigenvalue weighted by atomic mass is 35.5. The molecule has 1 aromatic heterocycles. The minimum Gasteiger partial charge on any atom is -0.455 e. The highest BCUT2D eigenvalue weighted by Crippen LogP contribution is 2.36. The van der Waals surface area contributed by atoms with Gasteiger partial charge in [-0.2, -0.15) is 13.2 Å². The maximum absolute atomic E-state index is 13.3. The van der Waals surface area contributed by atoms with Crippen LogP contribution in [0.5, 0.6) is 0 Å². The number of alkyl halides is 3. The van der Waals surface area contributed by atoms with E-state index >= 15 is 0 Å². The van der Waals surface area contributed by atoms with Crippen molar-refractivity contribution in [1.82, 2.24) is 4.98 Å². The van der Waals surface area contributed by atoms with Gasteiger partial charge in [0, 0.05) is 30.0 Å². The predicted octanol–water partition coefficient (Wildman–Crippen LogP) is 4.15. The van der Waals surface area contributed by atoms with Crippen LogP contribution in [0.15, 0.2) is 42.6 Å². The van der Waals surface area contributed by atoms with Crippen molar-refractivity contribution < 1.29 is 27.5 Å². The summed E-state index contributed by atoms with van der Waals surface area (Å²) in [5.74, 6) is -2.01. The number of ether oxygens (including phenoxy) is 1. The molecule has 2 heterocycles. The number of hydrogen-bond donors (Lipinski definition) is 1. The average Bonchev–Trinajstić information content (AvgIpc) is 2.73. The fourth-order valence-corrected chi connectivity index (χ4v) is 3.34. The van der Waals surface area contributed by atoms with E-state index in [0.29, 0.717) is 30.1 Å². The van der Waals surface area contributed by atoms with Crippen LogP contribution >= 0.6 is 11.6 Å². The van der Waals surface area contributed by atoms with E-state index in [0.717, 1.165) is 6.07 Å². The van der Waals surface area contributed by atoms with Gasteiger partial charge < -0.3 is 15.0 Å². The number of nitrogens with one attached hydrogen (secondary N) is 1. The Bertz CT molecular complexity index is 906. The van der Waals surface area contributed by atoms with E-state index in [1.165, 1.54) is 17.2 Å². The maximum Gasteiger partial charge on any atom is 0.419 e. The Morgan fingerprint density at radius 2 is 1.97 bits per heavy atom. The van der Waals surface area contributed by atoms with Crippen LogP contribution in [0.3, 0.4) is 0 Å². The average molecular weight is 442 g/mol. The van der Waals surface area contributed by atoms with Crippen molar-refractivity contribution in [3.05, 3.63) is 53.2 Å². The zero-order chi connectivity index (χ0) is 21.7. The molecule has 1 amide bonds. The Balaban J connectivity index is 1.57. The molecule has 30 heavy (non-hydrogen) atoms. The number of nitrogens with zero attached hydrogens (tertiary/aromatic N) is 2. The molecular weight excluding hydrogens is 423 g/mol. The summed E-state index contributed by atoms with van der Waals surface area (Å²) in [5, 5.41) is 3.08. The number of halogens is 4. The molecule has 0 spiro atoms. The van der Waals surface area contributed by atoms with E-state index in [1.807, 2.05) is 0 Å². The lowest BCUT2D eigenvalue weighted by atomic mass is 9.98. The summed E-state index contributed by atoms with van der Waals surface area (Å²) in [6, 6.07) is 8.60. The van der Waals surface area contributed by atoms with Crippen LogP contribution in [-0.4, -0.2) is 36.6 Å². The number of carbonyl (C=O) groups is 2. The number of amides is 1. The van der Waals surface area contributed by atoms with Gasteiger partial charge in [-0.25, -0.2) is 4.98 Å². The van der Waals surface area contributed by atoms with Gasteiger partial charge in [-0.3, -0.25) is 9.59 Å². The minimum absolute atomic E-state index is 0.0394. The second kappa shape index (κ2) is 9.34. The number of benzene rings is 1. The van der Waals surface area contributed by atoms with Crippen molar-refractivity contribution >= 4 is 35.0 Å². The van der Waals surface area contributed by atoms with Crippen LogP contribution in [0.4, 0.5) is 24.7 Å². The molecule has 1 aliphatic heterocycles. The van der Waals surface area contributed by atoms with Crippen molar-refractivity contribution in [2.45, 2.75) is 19.0 Å². The third-order valence-corrected chi connectivity index (χ3v) is 4.87. The Kier molecular flexibility index (Phi) is 6.81. The molecule has 1 fully saturated rings. The minimum atomic E-state index is -4.54. The summed E-state index contributed by atoms with van der Waals surface area (Å²) in [4.78, 5) is 29.6. The maximum atomic E-state index is 13.3. The lowest BCUT2D eigenvalue weighted by Crippen LogP contribution is -2.41. The highest BCUT2D eigenvalue weighted by molar-refractivity contribution is 6.30. The Hall–Kier alpha value is -2.81. The van der Waals surface area contributed by atoms with E-state index in [9.17, 15) is 22.8 Å². The smallest absolute Gasteiger partial charge is 0.419 e. The quantitative estimate of drug-likeness (QED) is 0.706. The number of esters is 1. The zero-order valence-corrected chi connectivity index (χ0v) is 16.5. The third kappa shape index (κ3) is 5.63. The molecule has 0 bridgehead atoms. The number of hydrogen-bond acceptors (Lipinski definition) is 5. The molecule has 1 atom stereocenters. The summed E-state index contributed by atoms with van der Waals surface area (Å²) < 4.78 is 44.9. The zero-order valence-electron chi connectivity index (χ0n) is 15.8. The Morgan fingerprint density at radius 1 is 1.23 bits per heavy atom. The van der Waals surface area contributed by atoms with Crippen molar-refractivity contribution in [2.75, 3.05) is 29.9 Å². The molecule has 2 aromatic rings. The first-order valence-electron chi connectivity index (χ1n) is 9.23. The SMILES string of the molecule is O=C(COC(=O)C1CCCN(c2ncccc2C(F)(F)F)C1)Nc1ccc(Cl)cc1. The fourth-order valence-electron chi connectivity index (χ4n) is 3.22. The number of anilines is 2. The molecule has 0 saturated carbocycles. The van der Waals surface area contributed by atoms with Crippen molar-refractivity contribution in [3.63, 3.8) is 0 Å². The van der Waals surface area contributed by atoms with Crippen LogP contribution in [0, 0.1) is 5.92 Å². The van der Waals surface area contributed by atoms with Gasteiger partial charge in [0.25, 0.3) is 5.91 Å². The van der Waals surface area contributed by atoms with Gasteiger partial charge in [-0.15, -0.1) is 0 Å². The van der Waals surface area contributed by atoms with Gasteiger partial charge in [0.05, 0.1) is 11.5 Å². The summed E-state index contributed by atoms with van der Waals surface area (Å²) in [6.45, 7) is -0.103. The van der Waals surface area contributed by atoms with E-state index in [4.69, 9.17) is 16.3 Å². The molecule has 1 N–H and O–H groups in total. The normalized spacial score (nSPS) is 16.8. The first kappa shape index (κ1) is 21.9. The summed E-state index contributed by atoms with van der Waals surface area (Å²) >= 11 is 5.77. The predicted molar refractivity (Wildman–Crippen MR) is 105 cm³/mol. The Labute approximate surface area is 176 Å². The molecular formula is C20H19ClF3N3O3. The van der Waals surface area contributed by atoms with Crippen LogP contribution in [0.1, 0.15) is 18.4 Å². The molecule has 0 aliphatic carbocycles. The second-order valence-electron chi connectivity index (χ2n) is 6.82. The fraction of sp³-hybridized carbons (Fsp3) is 0.350. The molecule has 3 rings (SSSR count). The highest BCUT2D eigenvalue weighted by Gasteiger charge is 2.37. The van der Waals surface area contributed by atoms with Gasteiger partial charge in [0.2, 0.25) is 0 Å². The number of pyridine rings is 1. The molecule has 6 nitrogen and oxygen atoms in total. The number of aromatic nitrogens is 1. The van der Waals surface area contributed by atoms with Gasteiger partial charge in [0.1, 0.15) is 5.82 Å². The van der Waals surface area contributed by atoms with Gasteiger partial charge >= 0.3 is 12.1 Å². The Morgan fingerprint density at radius 3 is 2.67 bits per heavy atom. The van der Waals surface area contributed by atoms with Crippen LogP contribution in [0.2, 0.25) is 5.02 Å². The lowest BCUT2D eigenvalue weighted by molar-refractivity contribution is -0.151. The third-order valence-electron chi connectivity index (χ3n) is 4.62. The van der Waals surface area contributed by atoms with Crippen molar-refractivity contribution in [1.29, 1.82) is 0 Å². The van der Waals surface area contributed by atoms with Gasteiger partial charge in [0.15, 0.2) is 6.61 Å². The van der Waals surface area contributed by atoms with E-state index < -0.39 is 36.1 Å². The summed E-state index contributed by atoms with van der Waals surface area (Å²) in [5.41, 5.74) is -0.347. The molecule has 1 aromatic carbocycles. The summed E-state index contributed by atoms with van der Waals surface area (Å²) in [7, 11) is 0. The molecule has 0 radical (unpaired) electrons. The standard InChI is InChI=1S/C20H19ClF3N3O3/c21-14-5-7-15(8-6-14)26-17(28)12-30-19(29)13-3-2-10-27(11-13)18-16(20(22,23)24)4-1-9-25-18/h1,4-9,13H,2-3,10-12H2,(H,26,28). The van der Waals surface area contributed by atoms with Crippen molar-refractivity contribution in [3.8, 4) is 0 Å².